The van der Waals surface area contributed by atoms with Crippen LogP contribution < -0.4 is 11.1 Å². The smallest absolute Gasteiger partial charge is 0.227 e. The average Bonchev–Trinajstić information content (AvgIpc) is 2.37. The summed E-state index contributed by atoms with van der Waals surface area (Å²) in [6.07, 6.45) is 7.69. The Kier molecular flexibility index (Phi) is 6.13. The van der Waals surface area contributed by atoms with Crippen molar-refractivity contribution in [1.82, 2.24) is 5.32 Å². The van der Waals surface area contributed by atoms with Gasteiger partial charge in [-0.2, -0.15) is 0 Å². The molecule has 1 unspecified atom stereocenters. The monoisotopic (exact) mass is 254 g/mol. The van der Waals surface area contributed by atoms with Gasteiger partial charge in [0.2, 0.25) is 5.91 Å². The van der Waals surface area contributed by atoms with Crippen molar-refractivity contribution in [2.75, 3.05) is 6.54 Å². The molecule has 0 spiro atoms. The number of hydrogen-bond donors (Lipinski definition) is 2. The van der Waals surface area contributed by atoms with Crippen molar-refractivity contribution in [3.8, 4) is 0 Å². The maximum atomic E-state index is 12.4. The fraction of sp³-hybridized carbons (Fsp3) is 0.933. The lowest BCUT2D eigenvalue weighted by atomic mass is 9.73. The van der Waals surface area contributed by atoms with Gasteiger partial charge in [0, 0.05) is 12.6 Å². The summed E-state index contributed by atoms with van der Waals surface area (Å²) in [5.41, 5.74) is 5.60. The molecular weight excluding hydrogens is 224 g/mol. The molecule has 0 saturated heterocycles. The Balaban J connectivity index is 2.46. The molecule has 0 radical (unpaired) electrons. The van der Waals surface area contributed by atoms with Gasteiger partial charge >= 0.3 is 0 Å². The third kappa shape index (κ3) is 4.27. The highest BCUT2D eigenvalue weighted by atomic mass is 16.2. The molecule has 0 bridgehead atoms. The first-order chi connectivity index (χ1) is 8.50. The first-order valence-electron chi connectivity index (χ1n) is 7.51. The number of nitrogens with two attached hydrogens (primary N) is 1. The Labute approximate surface area is 112 Å². The van der Waals surface area contributed by atoms with E-state index in [1.165, 1.54) is 6.42 Å². The van der Waals surface area contributed by atoms with Crippen molar-refractivity contribution in [1.29, 1.82) is 0 Å². The molecule has 3 N–H and O–H groups in total. The van der Waals surface area contributed by atoms with Gasteiger partial charge in [-0.3, -0.25) is 4.79 Å². The third-order valence-electron chi connectivity index (χ3n) is 4.24. The van der Waals surface area contributed by atoms with E-state index in [-0.39, 0.29) is 17.4 Å². The highest BCUT2D eigenvalue weighted by Crippen LogP contribution is 2.35. The van der Waals surface area contributed by atoms with Gasteiger partial charge in [-0.25, -0.2) is 0 Å². The molecule has 1 amide bonds. The summed E-state index contributed by atoms with van der Waals surface area (Å²) in [5, 5.41) is 3.18. The molecule has 1 aliphatic rings. The van der Waals surface area contributed by atoms with Crippen molar-refractivity contribution in [2.45, 2.75) is 71.8 Å². The minimum Gasteiger partial charge on any atom is -0.353 e. The minimum atomic E-state index is -0.273. The zero-order valence-electron chi connectivity index (χ0n) is 12.3. The molecule has 1 saturated carbocycles. The maximum Gasteiger partial charge on any atom is 0.227 e. The Bertz CT molecular complexity index is 257. The summed E-state index contributed by atoms with van der Waals surface area (Å²) in [4.78, 5) is 12.4. The molecule has 3 heteroatoms. The van der Waals surface area contributed by atoms with Crippen LogP contribution >= 0.6 is 0 Å². The molecule has 1 aliphatic carbocycles. The van der Waals surface area contributed by atoms with Crippen molar-refractivity contribution in [3.05, 3.63) is 0 Å². The lowest BCUT2D eigenvalue weighted by Gasteiger charge is -2.35. The summed E-state index contributed by atoms with van der Waals surface area (Å²) in [6, 6.07) is 0.269. The number of rotatable bonds is 6. The second-order valence-electron chi connectivity index (χ2n) is 6.39. The Morgan fingerprint density at radius 1 is 1.17 bits per heavy atom. The molecule has 1 rings (SSSR count). The number of amides is 1. The molecule has 3 nitrogen and oxygen atoms in total. The molecule has 0 aliphatic heterocycles. The molecular formula is C15H30N2O. The lowest BCUT2D eigenvalue weighted by Crippen LogP contribution is -2.49. The highest BCUT2D eigenvalue weighted by molar-refractivity contribution is 5.83. The Morgan fingerprint density at radius 2 is 1.78 bits per heavy atom. The van der Waals surface area contributed by atoms with Gasteiger partial charge in [0.15, 0.2) is 0 Å². The minimum absolute atomic E-state index is 0.195. The van der Waals surface area contributed by atoms with Crippen LogP contribution in [0.4, 0.5) is 0 Å². The summed E-state index contributed by atoms with van der Waals surface area (Å²) >= 11 is 0. The molecule has 0 heterocycles. The quantitative estimate of drug-likeness (QED) is 0.766. The Hall–Kier alpha value is -0.570. The fourth-order valence-electron chi connectivity index (χ4n) is 2.78. The molecule has 106 valence electrons. The van der Waals surface area contributed by atoms with E-state index >= 15 is 0 Å². The predicted molar refractivity (Wildman–Crippen MR) is 76.2 cm³/mol. The lowest BCUT2D eigenvalue weighted by molar-refractivity contribution is -0.133. The van der Waals surface area contributed by atoms with Gasteiger partial charge < -0.3 is 11.1 Å². The maximum absolute atomic E-state index is 12.4. The van der Waals surface area contributed by atoms with Crippen LogP contribution in [-0.2, 0) is 4.79 Å². The van der Waals surface area contributed by atoms with E-state index in [0.717, 1.165) is 38.5 Å². The summed E-state index contributed by atoms with van der Waals surface area (Å²) < 4.78 is 0. The second-order valence-corrected chi connectivity index (χ2v) is 6.39. The van der Waals surface area contributed by atoms with E-state index in [0.29, 0.717) is 12.5 Å². The third-order valence-corrected chi connectivity index (χ3v) is 4.24. The number of carbonyl (C=O) groups is 1. The van der Waals surface area contributed by atoms with Crippen molar-refractivity contribution < 1.29 is 4.79 Å². The van der Waals surface area contributed by atoms with Gasteiger partial charge in [0.25, 0.3) is 0 Å². The van der Waals surface area contributed by atoms with Gasteiger partial charge in [-0.05, 0) is 38.5 Å². The molecule has 1 fully saturated rings. The first kappa shape index (κ1) is 15.5. The van der Waals surface area contributed by atoms with Crippen molar-refractivity contribution in [3.63, 3.8) is 0 Å². The first-order valence-corrected chi connectivity index (χ1v) is 7.51. The van der Waals surface area contributed by atoms with Gasteiger partial charge in [0.05, 0.1) is 5.41 Å². The SMILES string of the molecule is CC(C)CCC(C)NC(=O)C1(CN)CCCCC1. The van der Waals surface area contributed by atoms with Crippen molar-refractivity contribution in [2.24, 2.45) is 17.1 Å². The zero-order chi connectivity index (χ0) is 13.6. The number of hydrogen-bond acceptors (Lipinski definition) is 2. The molecule has 0 aromatic carbocycles. The van der Waals surface area contributed by atoms with E-state index in [9.17, 15) is 4.79 Å². The number of nitrogens with one attached hydrogen (secondary N) is 1. The Morgan fingerprint density at radius 3 is 2.28 bits per heavy atom. The molecule has 0 aromatic rings. The standard InChI is InChI=1S/C15H30N2O/c1-12(2)7-8-13(3)17-14(18)15(11-16)9-5-4-6-10-15/h12-13H,4-11,16H2,1-3H3,(H,17,18). The summed E-state index contributed by atoms with van der Waals surface area (Å²) in [6.45, 7) is 7.04. The normalized spacial score (nSPS) is 20.7. The van der Waals surface area contributed by atoms with Crippen LogP contribution in [0.1, 0.15) is 65.7 Å². The topological polar surface area (TPSA) is 55.1 Å². The predicted octanol–water partition coefficient (Wildman–Crippen LogP) is 2.84. The highest BCUT2D eigenvalue weighted by Gasteiger charge is 2.38. The summed E-state index contributed by atoms with van der Waals surface area (Å²) in [7, 11) is 0. The summed E-state index contributed by atoms with van der Waals surface area (Å²) in [5.74, 6) is 0.892. The van der Waals surface area contributed by atoms with Crippen LogP contribution in [-0.4, -0.2) is 18.5 Å². The molecule has 18 heavy (non-hydrogen) atoms. The van der Waals surface area contributed by atoms with Crippen molar-refractivity contribution >= 4 is 5.91 Å². The van der Waals surface area contributed by atoms with E-state index < -0.39 is 0 Å². The van der Waals surface area contributed by atoms with Crippen LogP contribution in [0.2, 0.25) is 0 Å². The van der Waals surface area contributed by atoms with Crippen LogP contribution in [0.3, 0.4) is 0 Å². The van der Waals surface area contributed by atoms with E-state index in [4.69, 9.17) is 5.73 Å². The van der Waals surface area contributed by atoms with Gasteiger partial charge in [-0.1, -0.05) is 33.1 Å². The van der Waals surface area contributed by atoms with E-state index in [2.05, 4.69) is 26.1 Å². The largest absolute Gasteiger partial charge is 0.353 e. The fourth-order valence-corrected chi connectivity index (χ4v) is 2.78. The van der Waals surface area contributed by atoms with E-state index in [1.54, 1.807) is 0 Å². The van der Waals surface area contributed by atoms with Crippen LogP contribution in [0.15, 0.2) is 0 Å². The van der Waals surface area contributed by atoms with Crippen LogP contribution in [0.25, 0.3) is 0 Å². The van der Waals surface area contributed by atoms with Gasteiger partial charge in [0.1, 0.15) is 0 Å². The van der Waals surface area contributed by atoms with Crippen LogP contribution in [0, 0.1) is 11.3 Å². The van der Waals surface area contributed by atoms with Gasteiger partial charge in [-0.15, -0.1) is 0 Å². The molecule has 0 aromatic heterocycles. The molecule has 1 atom stereocenters. The van der Waals surface area contributed by atoms with Crippen LogP contribution in [0.5, 0.6) is 0 Å². The zero-order valence-corrected chi connectivity index (χ0v) is 12.3. The second kappa shape index (κ2) is 7.13. The number of carbonyl (C=O) groups excluding carboxylic acids is 1. The van der Waals surface area contributed by atoms with E-state index in [1.807, 2.05) is 0 Å². The average molecular weight is 254 g/mol.